The van der Waals surface area contributed by atoms with Crippen LogP contribution < -0.4 is 5.56 Å². The van der Waals surface area contributed by atoms with Crippen molar-refractivity contribution in [1.82, 2.24) is 9.55 Å². The third kappa shape index (κ3) is 3.96. The molecule has 0 saturated heterocycles. The smallest absolute Gasteiger partial charge is 0.287 e. The van der Waals surface area contributed by atoms with E-state index in [4.69, 9.17) is 0 Å². The first kappa shape index (κ1) is 14.9. The minimum Gasteiger partial charge on any atom is -0.287 e. The van der Waals surface area contributed by atoms with Crippen LogP contribution in [0, 0.1) is 18.8 Å². The summed E-state index contributed by atoms with van der Waals surface area (Å²) in [5.74, 6) is 5.44. The fourth-order valence-electron chi connectivity index (χ4n) is 1.60. The molecule has 0 amide bonds. The van der Waals surface area contributed by atoms with Crippen molar-refractivity contribution in [2.45, 2.75) is 19.6 Å². The molecule has 0 atom stereocenters. The Kier molecular flexibility index (Phi) is 4.13. The molecule has 1 heterocycles. The van der Waals surface area contributed by atoms with Crippen LogP contribution in [0.4, 0.5) is 13.2 Å². The van der Waals surface area contributed by atoms with Gasteiger partial charge in [0.1, 0.15) is 0 Å². The number of hydrogen-bond donors (Lipinski definition) is 0. The molecule has 2 aromatic rings. The van der Waals surface area contributed by atoms with Crippen molar-refractivity contribution in [3.8, 4) is 11.8 Å². The monoisotopic (exact) mass is 292 g/mol. The average Bonchev–Trinajstić information content (AvgIpc) is 2.41. The van der Waals surface area contributed by atoms with Crippen molar-refractivity contribution in [2.24, 2.45) is 0 Å². The first-order valence-electron chi connectivity index (χ1n) is 6.05. The lowest BCUT2D eigenvalue weighted by molar-refractivity contribution is -0.137. The van der Waals surface area contributed by atoms with Gasteiger partial charge in [0.25, 0.3) is 5.56 Å². The number of alkyl halides is 3. The summed E-state index contributed by atoms with van der Waals surface area (Å²) in [6, 6.07) is 5.94. The molecule has 6 heteroatoms. The molecule has 21 heavy (non-hydrogen) atoms. The average molecular weight is 292 g/mol. The van der Waals surface area contributed by atoms with Gasteiger partial charge in [-0.2, -0.15) is 13.2 Å². The quantitative estimate of drug-likeness (QED) is 0.757. The van der Waals surface area contributed by atoms with Crippen LogP contribution in [0.5, 0.6) is 0 Å². The molecule has 0 spiro atoms. The van der Waals surface area contributed by atoms with E-state index in [1.165, 1.54) is 29.1 Å². The zero-order chi connectivity index (χ0) is 15.5. The fraction of sp³-hybridized carbons (Fsp3) is 0.200. The van der Waals surface area contributed by atoms with Crippen molar-refractivity contribution < 1.29 is 13.2 Å². The minimum atomic E-state index is -4.35. The number of rotatable bonds is 1. The maximum absolute atomic E-state index is 12.4. The maximum atomic E-state index is 12.4. The van der Waals surface area contributed by atoms with Gasteiger partial charge in [0, 0.05) is 17.3 Å². The lowest BCUT2D eigenvalue weighted by atomic mass is 10.1. The van der Waals surface area contributed by atoms with E-state index in [2.05, 4.69) is 16.8 Å². The second-order valence-corrected chi connectivity index (χ2v) is 4.37. The van der Waals surface area contributed by atoms with E-state index >= 15 is 0 Å². The normalized spacial score (nSPS) is 10.9. The predicted octanol–water partition coefficient (Wildman–Crippen LogP) is 2.62. The molecule has 0 radical (unpaired) electrons. The Balaban J connectivity index is 2.11. The van der Waals surface area contributed by atoms with Crippen molar-refractivity contribution in [2.75, 3.05) is 0 Å². The van der Waals surface area contributed by atoms with E-state index in [0.29, 0.717) is 11.3 Å². The topological polar surface area (TPSA) is 34.9 Å². The van der Waals surface area contributed by atoms with Crippen molar-refractivity contribution in [3.63, 3.8) is 0 Å². The van der Waals surface area contributed by atoms with Crippen LogP contribution >= 0.6 is 0 Å². The highest BCUT2D eigenvalue weighted by Gasteiger charge is 2.29. The number of nitrogens with zero attached hydrogens (tertiary/aromatic N) is 2. The molecule has 0 fully saturated rings. The summed E-state index contributed by atoms with van der Waals surface area (Å²) in [4.78, 5) is 15.5. The minimum absolute atomic E-state index is 0.132. The van der Waals surface area contributed by atoms with E-state index in [1.54, 1.807) is 6.92 Å². The molecule has 1 aromatic carbocycles. The van der Waals surface area contributed by atoms with Gasteiger partial charge < -0.3 is 0 Å². The third-order valence-electron chi connectivity index (χ3n) is 2.71. The summed E-state index contributed by atoms with van der Waals surface area (Å²) in [5, 5.41) is 0. The molecule has 0 bridgehead atoms. The van der Waals surface area contributed by atoms with Gasteiger partial charge in [-0.25, -0.2) is 4.98 Å². The Hall–Kier alpha value is -2.55. The summed E-state index contributed by atoms with van der Waals surface area (Å²) in [7, 11) is 0. The first-order valence-corrected chi connectivity index (χ1v) is 6.05. The summed E-state index contributed by atoms with van der Waals surface area (Å²) >= 11 is 0. The molecule has 3 nitrogen and oxygen atoms in total. The molecule has 108 valence electrons. The van der Waals surface area contributed by atoms with Crippen LogP contribution in [0.1, 0.15) is 16.8 Å². The third-order valence-corrected chi connectivity index (χ3v) is 2.71. The van der Waals surface area contributed by atoms with Crippen LogP contribution in [-0.4, -0.2) is 9.55 Å². The number of halogens is 3. The molecule has 0 unspecified atom stereocenters. The van der Waals surface area contributed by atoms with E-state index in [1.807, 2.05) is 0 Å². The SMILES string of the molecule is Cc1cc(=O)n(CC#Cc2ccc(C(F)(F)F)cc2)cn1. The zero-order valence-electron chi connectivity index (χ0n) is 11.1. The lowest BCUT2D eigenvalue weighted by Gasteiger charge is -2.05. The van der Waals surface area contributed by atoms with Crippen molar-refractivity contribution in [3.05, 3.63) is 63.8 Å². The maximum Gasteiger partial charge on any atom is 0.416 e. The summed E-state index contributed by atoms with van der Waals surface area (Å²) in [6.45, 7) is 1.84. The highest BCUT2D eigenvalue weighted by molar-refractivity contribution is 5.36. The van der Waals surface area contributed by atoms with E-state index in [0.717, 1.165) is 12.1 Å². The Bertz CT molecular complexity index is 749. The van der Waals surface area contributed by atoms with E-state index in [-0.39, 0.29) is 12.1 Å². The van der Waals surface area contributed by atoms with Crippen molar-refractivity contribution in [1.29, 1.82) is 0 Å². The van der Waals surface area contributed by atoms with Gasteiger partial charge in [0.05, 0.1) is 18.4 Å². The summed E-state index contributed by atoms with van der Waals surface area (Å²) < 4.78 is 38.5. The number of aromatic nitrogens is 2. The molecule has 0 aliphatic heterocycles. The van der Waals surface area contributed by atoms with Gasteiger partial charge in [-0.1, -0.05) is 11.8 Å². The van der Waals surface area contributed by atoms with Gasteiger partial charge in [-0.3, -0.25) is 9.36 Å². The van der Waals surface area contributed by atoms with E-state index in [9.17, 15) is 18.0 Å². The van der Waals surface area contributed by atoms with Gasteiger partial charge >= 0.3 is 6.18 Å². The summed E-state index contributed by atoms with van der Waals surface area (Å²) in [6.07, 6.45) is -2.97. The van der Waals surface area contributed by atoms with Crippen LogP contribution in [-0.2, 0) is 12.7 Å². The second-order valence-electron chi connectivity index (χ2n) is 4.37. The number of hydrogen-bond acceptors (Lipinski definition) is 2. The molecular formula is C15H11F3N2O. The molecular weight excluding hydrogens is 281 g/mol. The van der Waals surface area contributed by atoms with Crippen LogP contribution in [0.25, 0.3) is 0 Å². The Morgan fingerprint density at radius 1 is 1.24 bits per heavy atom. The van der Waals surface area contributed by atoms with Crippen LogP contribution in [0.15, 0.2) is 41.5 Å². The molecule has 0 aliphatic carbocycles. The molecule has 0 N–H and O–H groups in total. The van der Waals surface area contributed by atoms with E-state index < -0.39 is 11.7 Å². The number of benzene rings is 1. The second kappa shape index (κ2) is 5.83. The Labute approximate surface area is 119 Å². The number of aryl methyl sites for hydroxylation is 1. The standard InChI is InChI=1S/C15H11F3N2O/c1-11-9-14(21)20(10-19-11)8-2-3-12-4-6-13(7-5-12)15(16,17)18/h4-7,9-10H,8H2,1H3. The highest BCUT2D eigenvalue weighted by atomic mass is 19.4. The van der Waals surface area contributed by atoms with Crippen molar-refractivity contribution >= 4 is 0 Å². The first-order chi connectivity index (χ1) is 9.86. The van der Waals surface area contributed by atoms with Crippen LogP contribution in [0.3, 0.4) is 0 Å². The van der Waals surface area contributed by atoms with Gasteiger partial charge in [-0.05, 0) is 31.2 Å². The van der Waals surface area contributed by atoms with Gasteiger partial charge in [0.2, 0.25) is 0 Å². The zero-order valence-corrected chi connectivity index (χ0v) is 11.1. The Morgan fingerprint density at radius 3 is 2.48 bits per heavy atom. The highest BCUT2D eigenvalue weighted by Crippen LogP contribution is 2.28. The molecule has 0 saturated carbocycles. The lowest BCUT2D eigenvalue weighted by Crippen LogP contribution is -2.19. The van der Waals surface area contributed by atoms with Gasteiger partial charge in [0.15, 0.2) is 0 Å². The molecule has 2 rings (SSSR count). The predicted molar refractivity (Wildman–Crippen MR) is 71.6 cm³/mol. The molecule has 0 aliphatic rings. The Morgan fingerprint density at radius 2 is 1.90 bits per heavy atom. The largest absolute Gasteiger partial charge is 0.416 e. The molecule has 1 aromatic heterocycles. The van der Waals surface area contributed by atoms with Gasteiger partial charge in [-0.15, -0.1) is 0 Å². The van der Waals surface area contributed by atoms with Crippen LogP contribution in [0.2, 0.25) is 0 Å². The fourth-order valence-corrected chi connectivity index (χ4v) is 1.60. The summed E-state index contributed by atoms with van der Waals surface area (Å²) in [5.41, 5.74) is 0.138.